The average Bonchev–Trinajstić information content (AvgIpc) is 2.94. The minimum atomic E-state index is 0.632. The van der Waals surface area contributed by atoms with Gasteiger partial charge >= 0.3 is 0 Å². The van der Waals surface area contributed by atoms with Gasteiger partial charge in [-0.25, -0.2) is 0 Å². The molecule has 1 spiro atoms. The van der Waals surface area contributed by atoms with Crippen LogP contribution in [0.15, 0.2) is 29.3 Å². The molecule has 1 saturated carbocycles. The van der Waals surface area contributed by atoms with Gasteiger partial charge in [-0.3, -0.25) is 4.99 Å². The van der Waals surface area contributed by atoms with Gasteiger partial charge in [-0.05, 0) is 50.5 Å². The molecule has 0 bridgehead atoms. The number of hydrogen-bond donors (Lipinski definition) is 1. The van der Waals surface area contributed by atoms with E-state index in [0.717, 1.165) is 25.5 Å². The second-order valence-corrected chi connectivity index (χ2v) is 7.00. The van der Waals surface area contributed by atoms with Crippen molar-refractivity contribution in [2.45, 2.75) is 46.0 Å². The van der Waals surface area contributed by atoms with E-state index in [1.807, 2.05) is 0 Å². The third kappa shape index (κ3) is 3.45. The molecule has 120 valence electrons. The van der Waals surface area contributed by atoms with Crippen LogP contribution in [0.5, 0.6) is 0 Å². The third-order valence-corrected chi connectivity index (χ3v) is 5.27. The fraction of sp³-hybridized carbons (Fsp3) is 0.632. The molecule has 3 nitrogen and oxygen atoms in total. The number of rotatable bonds is 4. The summed E-state index contributed by atoms with van der Waals surface area (Å²) >= 11 is 0. The topological polar surface area (TPSA) is 27.6 Å². The van der Waals surface area contributed by atoms with E-state index in [1.54, 1.807) is 0 Å². The van der Waals surface area contributed by atoms with Crippen LogP contribution in [0.1, 0.15) is 43.7 Å². The molecule has 0 radical (unpaired) electrons. The molecule has 22 heavy (non-hydrogen) atoms. The summed E-state index contributed by atoms with van der Waals surface area (Å²) < 4.78 is 0. The molecule has 2 aliphatic rings. The minimum Gasteiger partial charge on any atom is -0.357 e. The van der Waals surface area contributed by atoms with Gasteiger partial charge in [-0.1, -0.05) is 36.2 Å². The Bertz CT molecular complexity index is 514. The summed E-state index contributed by atoms with van der Waals surface area (Å²) in [6.45, 7) is 8.50. The molecule has 0 aromatic heterocycles. The number of nitrogens with one attached hydrogen (secondary N) is 1. The SMILES string of the molecule is CCNC(=NCCc1ccc(C)cc1)N1CCC2(CCC2)C1. The van der Waals surface area contributed by atoms with Crippen LogP contribution in [-0.4, -0.2) is 37.0 Å². The van der Waals surface area contributed by atoms with Crippen LogP contribution in [0, 0.1) is 12.3 Å². The molecule has 1 aromatic rings. The highest BCUT2D eigenvalue weighted by Crippen LogP contribution is 2.47. The number of aryl methyl sites for hydroxylation is 1. The first kappa shape index (κ1) is 15.4. The van der Waals surface area contributed by atoms with E-state index in [2.05, 4.69) is 48.3 Å². The van der Waals surface area contributed by atoms with Crippen molar-refractivity contribution in [3.8, 4) is 0 Å². The highest BCUT2D eigenvalue weighted by atomic mass is 15.3. The Hall–Kier alpha value is -1.51. The quantitative estimate of drug-likeness (QED) is 0.682. The van der Waals surface area contributed by atoms with Gasteiger partial charge in [0, 0.05) is 26.2 Å². The number of benzene rings is 1. The van der Waals surface area contributed by atoms with Crippen LogP contribution in [0.4, 0.5) is 0 Å². The molecule has 3 heteroatoms. The van der Waals surface area contributed by atoms with E-state index in [1.165, 1.54) is 49.9 Å². The van der Waals surface area contributed by atoms with Crippen LogP contribution in [0.25, 0.3) is 0 Å². The maximum absolute atomic E-state index is 4.87. The first-order valence-electron chi connectivity index (χ1n) is 8.80. The molecule has 1 heterocycles. The Morgan fingerprint density at radius 1 is 1.23 bits per heavy atom. The number of aliphatic imine (C=N–C) groups is 1. The fourth-order valence-electron chi connectivity index (χ4n) is 3.67. The summed E-state index contributed by atoms with van der Waals surface area (Å²) in [7, 11) is 0. The van der Waals surface area contributed by atoms with Gasteiger partial charge in [0.1, 0.15) is 0 Å². The number of likely N-dealkylation sites (tertiary alicyclic amines) is 1. The van der Waals surface area contributed by atoms with E-state index in [-0.39, 0.29) is 0 Å². The molecular weight excluding hydrogens is 270 g/mol. The Balaban J connectivity index is 1.57. The van der Waals surface area contributed by atoms with Gasteiger partial charge < -0.3 is 10.2 Å². The predicted octanol–water partition coefficient (Wildman–Crippen LogP) is 3.38. The van der Waals surface area contributed by atoms with Crippen molar-refractivity contribution in [1.82, 2.24) is 10.2 Å². The number of nitrogens with zero attached hydrogens (tertiary/aromatic N) is 2. The Labute approximate surface area is 134 Å². The number of hydrogen-bond acceptors (Lipinski definition) is 1. The van der Waals surface area contributed by atoms with Gasteiger partial charge in [-0.15, -0.1) is 0 Å². The summed E-state index contributed by atoms with van der Waals surface area (Å²) in [5.74, 6) is 1.12. The van der Waals surface area contributed by atoms with Crippen LogP contribution in [0.3, 0.4) is 0 Å². The number of guanidine groups is 1. The molecule has 0 unspecified atom stereocenters. The maximum Gasteiger partial charge on any atom is 0.193 e. The molecule has 1 saturated heterocycles. The second-order valence-electron chi connectivity index (χ2n) is 7.00. The first-order chi connectivity index (χ1) is 10.7. The molecule has 1 aliphatic carbocycles. The monoisotopic (exact) mass is 299 g/mol. The molecule has 2 fully saturated rings. The third-order valence-electron chi connectivity index (χ3n) is 5.27. The Kier molecular flexibility index (Phi) is 4.70. The Morgan fingerprint density at radius 3 is 2.59 bits per heavy atom. The van der Waals surface area contributed by atoms with E-state index < -0.39 is 0 Å². The van der Waals surface area contributed by atoms with E-state index in [4.69, 9.17) is 4.99 Å². The zero-order valence-electron chi connectivity index (χ0n) is 14.1. The molecule has 0 amide bonds. The van der Waals surface area contributed by atoms with Crippen molar-refractivity contribution in [2.75, 3.05) is 26.2 Å². The molecule has 0 atom stereocenters. The summed E-state index contributed by atoms with van der Waals surface area (Å²) in [5, 5.41) is 3.48. The van der Waals surface area contributed by atoms with Crippen molar-refractivity contribution in [3.05, 3.63) is 35.4 Å². The van der Waals surface area contributed by atoms with Crippen molar-refractivity contribution >= 4 is 5.96 Å². The molecule has 1 aromatic carbocycles. The van der Waals surface area contributed by atoms with Gasteiger partial charge in [-0.2, -0.15) is 0 Å². The largest absolute Gasteiger partial charge is 0.357 e. The van der Waals surface area contributed by atoms with E-state index in [9.17, 15) is 0 Å². The highest BCUT2D eigenvalue weighted by Gasteiger charge is 2.43. The van der Waals surface area contributed by atoms with Gasteiger partial charge in [0.2, 0.25) is 0 Å². The predicted molar refractivity (Wildman–Crippen MR) is 93.3 cm³/mol. The molecule has 1 aliphatic heterocycles. The van der Waals surface area contributed by atoms with Crippen LogP contribution in [0.2, 0.25) is 0 Å². The molecule has 1 N–H and O–H groups in total. The van der Waals surface area contributed by atoms with Crippen LogP contribution >= 0.6 is 0 Å². The fourth-order valence-corrected chi connectivity index (χ4v) is 3.67. The lowest BCUT2D eigenvalue weighted by molar-refractivity contribution is 0.151. The normalized spacial score (nSPS) is 20.3. The second kappa shape index (κ2) is 6.72. The summed E-state index contributed by atoms with van der Waals surface area (Å²) in [6, 6.07) is 8.81. The highest BCUT2D eigenvalue weighted by molar-refractivity contribution is 5.80. The molecular formula is C19H29N3. The lowest BCUT2D eigenvalue weighted by atomic mass is 9.68. The zero-order chi connectivity index (χ0) is 15.4. The Morgan fingerprint density at radius 2 is 2.00 bits per heavy atom. The van der Waals surface area contributed by atoms with Crippen molar-refractivity contribution < 1.29 is 0 Å². The zero-order valence-corrected chi connectivity index (χ0v) is 14.1. The van der Waals surface area contributed by atoms with Crippen molar-refractivity contribution in [3.63, 3.8) is 0 Å². The van der Waals surface area contributed by atoms with Crippen molar-refractivity contribution in [1.29, 1.82) is 0 Å². The van der Waals surface area contributed by atoms with Gasteiger partial charge in [0.15, 0.2) is 5.96 Å². The molecule has 3 rings (SSSR count). The van der Waals surface area contributed by atoms with Crippen LogP contribution in [-0.2, 0) is 6.42 Å². The lowest BCUT2D eigenvalue weighted by Gasteiger charge is -2.38. The summed E-state index contributed by atoms with van der Waals surface area (Å²) in [4.78, 5) is 7.35. The summed E-state index contributed by atoms with van der Waals surface area (Å²) in [6.07, 6.45) is 6.65. The smallest absolute Gasteiger partial charge is 0.193 e. The average molecular weight is 299 g/mol. The van der Waals surface area contributed by atoms with E-state index in [0.29, 0.717) is 5.41 Å². The van der Waals surface area contributed by atoms with E-state index >= 15 is 0 Å². The minimum absolute atomic E-state index is 0.632. The lowest BCUT2D eigenvalue weighted by Crippen LogP contribution is -2.42. The summed E-state index contributed by atoms with van der Waals surface area (Å²) in [5.41, 5.74) is 3.33. The first-order valence-corrected chi connectivity index (χ1v) is 8.80. The van der Waals surface area contributed by atoms with Crippen LogP contribution < -0.4 is 5.32 Å². The van der Waals surface area contributed by atoms with Gasteiger partial charge in [0.05, 0.1) is 0 Å². The maximum atomic E-state index is 4.87. The van der Waals surface area contributed by atoms with Gasteiger partial charge in [0.25, 0.3) is 0 Å². The standard InChI is InChI=1S/C19H29N3/c1-3-20-18(22-14-12-19(15-22)10-4-11-19)21-13-9-17-7-5-16(2)6-8-17/h5-8H,3-4,9-15H2,1-2H3,(H,20,21). The van der Waals surface area contributed by atoms with Crippen molar-refractivity contribution in [2.24, 2.45) is 10.4 Å².